The molecule has 1 aromatic rings. The van der Waals surface area contributed by atoms with Crippen molar-refractivity contribution in [3.63, 3.8) is 0 Å². The third-order valence-electron chi connectivity index (χ3n) is 4.78. The second kappa shape index (κ2) is 9.07. The lowest BCUT2D eigenvalue weighted by molar-refractivity contribution is -0.136. The maximum atomic E-state index is 12.6. The molecule has 1 unspecified atom stereocenters. The van der Waals surface area contributed by atoms with Gasteiger partial charge in [-0.15, -0.1) is 0 Å². The highest BCUT2D eigenvalue weighted by atomic mass is 35.5. The molecule has 0 spiro atoms. The molecule has 5 heteroatoms. The highest BCUT2D eigenvalue weighted by Gasteiger charge is 2.25. The van der Waals surface area contributed by atoms with Gasteiger partial charge < -0.3 is 9.80 Å². The molecule has 0 aromatic heterocycles. The molecule has 0 bridgehead atoms. The van der Waals surface area contributed by atoms with E-state index in [0.717, 1.165) is 31.4 Å². The van der Waals surface area contributed by atoms with Gasteiger partial charge in [-0.1, -0.05) is 36.7 Å². The standard InChI is InChI=1S/C19H27ClN2O2/c1-3-17-9-6-7-12-22(17)19(24)11-13-21(15(2)23)14-16-8-4-5-10-18(16)20/h4-5,8,10,17H,3,6-7,9,11-14H2,1-2H3. The van der Waals surface area contributed by atoms with Crippen molar-refractivity contribution in [2.45, 2.75) is 58.5 Å². The Morgan fingerprint density at radius 2 is 2.04 bits per heavy atom. The topological polar surface area (TPSA) is 40.6 Å². The number of hydrogen-bond acceptors (Lipinski definition) is 2. The van der Waals surface area contributed by atoms with Crippen LogP contribution in [0.1, 0.15) is 51.5 Å². The van der Waals surface area contributed by atoms with Crippen molar-refractivity contribution in [1.82, 2.24) is 9.80 Å². The van der Waals surface area contributed by atoms with Crippen LogP contribution in [0.2, 0.25) is 5.02 Å². The Bertz CT molecular complexity index is 576. The minimum atomic E-state index is -0.0339. The number of piperidine rings is 1. The number of benzene rings is 1. The van der Waals surface area contributed by atoms with Gasteiger partial charge in [-0.3, -0.25) is 9.59 Å². The molecule has 2 amide bonds. The van der Waals surface area contributed by atoms with E-state index >= 15 is 0 Å². The van der Waals surface area contributed by atoms with E-state index in [1.54, 1.807) is 4.90 Å². The molecule has 0 saturated carbocycles. The zero-order chi connectivity index (χ0) is 17.5. The van der Waals surface area contributed by atoms with E-state index in [4.69, 9.17) is 11.6 Å². The van der Waals surface area contributed by atoms with Gasteiger partial charge >= 0.3 is 0 Å². The number of nitrogens with zero attached hydrogens (tertiary/aromatic N) is 2. The smallest absolute Gasteiger partial charge is 0.224 e. The van der Waals surface area contributed by atoms with Crippen LogP contribution in [0.3, 0.4) is 0 Å². The van der Waals surface area contributed by atoms with Gasteiger partial charge in [0.1, 0.15) is 0 Å². The predicted molar refractivity (Wildman–Crippen MR) is 96.8 cm³/mol. The Hall–Kier alpha value is -1.55. The lowest BCUT2D eigenvalue weighted by atomic mass is 9.99. The summed E-state index contributed by atoms with van der Waals surface area (Å²) in [5.74, 6) is 0.125. The quantitative estimate of drug-likeness (QED) is 0.781. The van der Waals surface area contributed by atoms with Gasteiger partial charge in [0.25, 0.3) is 0 Å². The summed E-state index contributed by atoms with van der Waals surface area (Å²) in [6.45, 7) is 5.40. The van der Waals surface area contributed by atoms with Crippen LogP contribution in [0.25, 0.3) is 0 Å². The minimum Gasteiger partial charge on any atom is -0.340 e. The van der Waals surface area contributed by atoms with Gasteiger partial charge in [-0.2, -0.15) is 0 Å². The summed E-state index contributed by atoms with van der Waals surface area (Å²) in [6, 6.07) is 7.87. The number of carbonyl (C=O) groups is 2. The van der Waals surface area contributed by atoms with Crippen LogP contribution in [0.5, 0.6) is 0 Å². The fourth-order valence-corrected chi connectivity index (χ4v) is 3.50. The summed E-state index contributed by atoms with van der Waals surface area (Å²) in [4.78, 5) is 28.2. The molecular weight excluding hydrogens is 324 g/mol. The number of carbonyl (C=O) groups excluding carboxylic acids is 2. The maximum Gasteiger partial charge on any atom is 0.224 e. The first-order chi connectivity index (χ1) is 11.5. The molecule has 1 heterocycles. The number of likely N-dealkylation sites (tertiary alicyclic amines) is 1. The predicted octanol–water partition coefficient (Wildman–Crippen LogP) is 3.87. The van der Waals surface area contributed by atoms with Crippen LogP contribution < -0.4 is 0 Å². The first-order valence-corrected chi connectivity index (χ1v) is 9.19. The van der Waals surface area contributed by atoms with Gasteiger partial charge in [0.05, 0.1) is 0 Å². The van der Waals surface area contributed by atoms with Gasteiger partial charge in [-0.25, -0.2) is 0 Å². The van der Waals surface area contributed by atoms with Crippen LogP contribution in [-0.2, 0) is 16.1 Å². The van der Waals surface area contributed by atoms with E-state index < -0.39 is 0 Å². The molecule has 1 fully saturated rings. The fourth-order valence-electron chi connectivity index (χ4n) is 3.31. The van der Waals surface area contributed by atoms with Crippen molar-refractivity contribution in [3.8, 4) is 0 Å². The number of rotatable bonds is 6. The average Bonchev–Trinajstić information content (AvgIpc) is 2.59. The van der Waals surface area contributed by atoms with Crippen molar-refractivity contribution in [2.24, 2.45) is 0 Å². The number of halogens is 1. The molecule has 4 nitrogen and oxygen atoms in total. The zero-order valence-corrected chi connectivity index (χ0v) is 15.4. The van der Waals surface area contributed by atoms with Crippen LogP contribution >= 0.6 is 11.6 Å². The third kappa shape index (κ3) is 4.97. The molecule has 2 rings (SSSR count). The van der Waals surface area contributed by atoms with E-state index in [-0.39, 0.29) is 11.8 Å². The molecule has 1 aliphatic rings. The molecule has 132 valence electrons. The fraction of sp³-hybridized carbons (Fsp3) is 0.579. The molecule has 1 aromatic carbocycles. The maximum absolute atomic E-state index is 12.6. The van der Waals surface area contributed by atoms with Crippen molar-refractivity contribution in [1.29, 1.82) is 0 Å². The minimum absolute atomic E-state index is 0.0339. The SMILES string of the molecule is CCC1CCCCN1C(=O)CCN(Cc1ccccc1Cl)C(C)=O. The molecular formula is C19H27ClN2O2. The summed E-state index contributed by atoms with van der Waals surface area (Å²) in [5.41, 5.74) is 0.909. The summed E-state index contributed by atoms with van der Waals surface area (Å²) < 4.78 is 0. The first-order valence-electron chi connectivity index (χ1n) is 8.81. The largest absolute Gasteiger partial charge is 0.340 e. The highest BCUT2D eigenvalue weighted by Crippen LogP contribution is 2.21. The van der Waals surface area contributed by atoms with E-state index in [0.29, 0.717) is 30.6 Å². The Balaban J connectivity index is 1.94. The molecule has 1 aliphatic heterocycles. The first kappa shape index (κ1) is 18.8. The molecule has 1 atom stereocenters. The molecule has 0 radical (unpaired) electrons. The molecule has 1 saturated heterocycles. The van der Waals surface area contributed by atoms with Gasteiger partial charge in [0, 0.05) is 44.0 Å². The van der Waals surface area contributed by atoms with Gasteiger partial charge in [0.2, 0.25) is 11.8 Å². The summed E-state index contributed by atoms with van der Waals surface area (Å²) >= 11 is 6.18. The lowest BCUT2D eigenvalue weighted by Gasteiger charge is -2.36. The Labute approximate surface area is 149 Å². The Morgan fingerprint density at radius 1 is 1.29 bits per heavy atom. The van der Waals surface area contributed by atoms with E-state index in [1.165, 1.54) is 13.3 Å². The Kier molecular flexibility index (Phi) is 7.10. The molecule has 0 aliphatic carbocycles. The number of amides is 2. The van der Waals surface area contributed by atoms with Crippen molar-refractivity contribution in [2.75, 3.05) is 13.1 Å². The van der Waals surface area contributed by atoms with E-state index in [1.807, 2.05) is 29.2 Å². The van der Waals surface area contributed by atoms with Gasteiger partial charge in [-0.05, 0) is 37.3 Å². The van der Waals surface area contributed by atoms with E-state index in [9.17, 15) is 9.59 Å². The van der Waals surface area contributed by atoms with Crippen LogP contribution in [0.15, 0.2) is 24.3 Å². The second-order valence-corrected chi connectivity index (χ2v) is 6.83. The van der Waals surface area contributed by atoms with Crippen molar-refractivity contribution < 1.29 is 9.59 Å². The summed E-state index contributed by atoms with van der Waals surface area (Å²) in [7, 11) is 0. The molecule has 24 heavy (non-hydrogen) atoms. The number of hydrogen-bond donors (Lipinski definition) is 0. The normalized spacial score (nSPS) is 17.6. The average molecular weight is 351 g/mol. The lowest BCUT2D eigenvalue weighted by Crippen LogP contribution is -2.44. The highest BCUT2D eigenvalue weighted by molar-refractivity contribution is 6.31. The van der Waals surface area contributed by atoms with Crippen molar-refractivity contribution >= 4 is 23.4 Å². The zero-order valence-electron chi connectivity index (χ0n) is 14.6. The van der Waals surface area contributed by atoms with Crippen LogP contribution in [0, 0.1) is 0 Å². The monoisotopic (exact) mass is 350 g/mol. The summed E-state index contributed by atoms with van der Waals surface area (Å²) in [5, 5.41) is 0.650. The molecule has 0 N–H and O–H groups in total. The summed E-state index contributed by atoms with van der Waals surface area (Å²) in [6.07, 6.45) is 4.76. The Morgan fingerprint density at radius 3 is 2.71 bits per heavy atom. The van der Waals surface area contributed by atoms with Crippen LogP contribution in [-0.4, -0.2) is 40.7 Å². The van der Waals surface area contributed by atoms with Gasteiger partial charge in [0.15, 0.2) is 0 Å². The van der Waals surface area contributed by atoms with Crippen LogP contribution in [0.4, 0.5) is 0 Å². The van der Waals surface area contributed by atoms with E-state index in [2.05, 4.69) is 6.92 Å². The van der Waals surface area contributed by atoms with Crippen molar-refractivity contribution in [3.05, 3.63) is 34.9 Å². The second-order valence-electron chi connectivity index (χ2n) is 6.43. The third-order valence-corrected chi connectivity index (χ3v) is 5.15.